The number of halogens is 2. The van der Waals surface area contributed by atoms with E-state index in [1.165, 1.54) is 16.2 Å². The molecule has 178 valence electrons. The molecule has 4 aliphatic rings. The number of aromatic amines is 1. The molecule has 0 spiro atoms. The molecular weight excluding hydrogens is 523 g/mol. The first-order valence-corrected chi connectivity index (χ1v) is 14.1. The predicted molar refractivity (Wildman–Crippen MR) is 139 cm³/mol. The van der Waals surface area contributed by atoms with Crippen molar-refractivity contribution in [2.24, 2.45) is 29.6 Å². The molecule has 1 saturated heterocycles. The van der Waals surface area contributed by atoms with E-state index in [1.807, 2.05) is 43.3 Å². The average molecular weight is 543 g/mol. The highest BCUT2D eigenvalue weighted by atomic mass is 35.5. The molecule has 7 rings (SSSR count). The van der Waals surface area contributed by atoms with E-state index >= 15 is 0 Å². The van der Waals surface area contributed by atoms with Crippen molar-refractivity contribution in [1.29, 1.82) is 0 Å². The molecule has 3 aromatic rings. The molecule has 2 bridgehead atoms. The van der Waals surface area contributed by atoms with Crippen molar-refractivity contribution in [3.63, 3.8) is 0 Å². The Balaban J connectivity index is 1.35. The van der Waals surface area contributed by atoms with Crippen molar-refractivity contribution in [2.45, 2.75) is 29.5 Å². The van der Waals surface area contributed by atoms with Gasteiger partial charge in [-0.2, -0.15) is 0 Å². The van der Waals surface area contributed by atoms with Gasteiger partial charge in [-0.25, -0.2) is 0 Å². The Morgan fingerprint density at radius 3 is 2.43 bits per heavy atom. The standard InChI is InChI=1S/C26H20Cl2N2O3S2/c1-10-5-7-11(8-6-10)30-24(31)18-13-9-14(19(18)25(30)32)21-17(13)16(12-3-2-4-15(27)20(12)28)22-23(34-21)29-26(33)35-22/h2-8,13-14,16-19,21H,9H2,1H3,(H,29,33)/t13?,14?,16-,17?,18?,19?,21?/m1/s1. The van der Waals surface area contributed by atoms with E-state index in [-0.39, 0.29) is 57.4 Å². The van der Waals surface area contributed by atoms with E-state index in [0.717, 1.165) is 27.5 Å². The van der Waals surface area contributed by atoms with Gasteiger partial charge in [0.25, 0.3) is 0 Å². The normalized spacial score (nSPS) is 32.7. The summed E-state index contributed by atoms with van der Waals surface area (Å²) in [5.41, 5.74) is 2.62. The number of aromatic nitrogens is 1. The third-order valence-electron chi connectivity index (χ3n) is 8.33. The molecular formula is C26H20Cl2N2O3S2. The Labute approximate surface area is 219 Å². The summed E-state index contributed by atoms with van der Waals surface area (Å²) in [5.74, 6) is -0.766. The highest BCUT2D eigenvalue weighted by molar-refractivity contribution is 8.00. The van der Waals surface area contributed by atoms with Crippen LogP contribution in [0.1, 0.15) is 28.3 Å². The van der Waals surface area contributed by atoms with Crippen LogP contribution < -0.4 is 9.77 Å². The van der Waals surface area contributed by atoms with Crippen LogP contribution >= 0.6 is 46.3 Å². The number of benzene rings is 2. The predicted octanol–water partition coefficient (Wildman–Crippen LogP) is 5.73. The first kappa shape index (κ1) is 22.2. The quantitative estimate of drug-likeness (QED) is 0.420. The van der Waals surface area contributed by atoms with Gasteiger partial charge in [0.1, 0.15) is 0 Å². The molecule has 35 heavy (non-hydrogen) atoms. The van der Waals surface area contributed by atoms with E-state index in [9.17, 15) is 14.4 Å². The number of carbonyl (C=O) groups excluding carboxylic acids is 2. The molecule has 2 aliphatic carbocycles. The van der Waals surface area contributed by atoms with Crippen LogP contribution in [-0.4, -0.2) is 22.0 Å². The minimum atomic E-state index is -0.340. The number of hydrogen-bond donors (Lipinski definition) is 1. The van der Waals surface area contributed by atoms with Crippen molar-refractivity contribution < 1.29 is 9.59 Å². The van der Waals surface area contributed by atoms with E-state index in [4.69, 9.17) is 23.2 Å². The van der Waals surface area contributed by atoms with E-state index in [0.29, 0.717) is 15.7 Å². The number of aryl methyl sites for hydroxylation is 1. The van der Waals surface area contributed by atoms with Crippen LogP contribution in [0.4, 0.5) is 5.69 Å². The van der Waals surface area contributed by atoms with E-state index in [2.05, 4.69) is 4.98 Å². The van der Waals surface area contributed by atoms with Gasteiger partial charge in [-0.3, -0.25) is 19.3 Å². The number of anilines is 1. The Bertz CT molecular complexity index is 1470. The average Bonchev–Trinajstić information content (AvgIpc) is 3.56. The molecule has 0 radical (unpaired) electrons. The Morgan fingerprint density at radius 2 is 1.69 bits per heavy atom. The zero-order chi connectivity index (χ0) is 24.2. The molecule has 2 aromatic carbocycles. The minimum absolute atomic E-state index is 0.0415. The second kappa shape index (κ2) is 7.72. The maximum atomic E-state index is 13.8. The van der Waals surface area contributed by atoms with Gasteiger partial charge in [0.05, 0.1) is 32.6 Å². The topological polar surface area (TPSA) is 70.2 Å². The van der Waals surface area contributed by atoms with Crippen molar-refractivity contribution >= 4 is 63.8 Å². The van der Waals surface area contributed by atoms with Gasteiger partial charge in [0, 0.05) is 16.0 Å². The monoisotopic (exact) mass is 542 g/mol. The number of hydrogen-bond acceptors (Lipinski definition) is 5. The lowest BCUT2D eigenvalue weighted by atomic mass is 9.68. The minimum Gasteiger partial charge on any atom is -0.307 e. The first-order chi connectivity index (χ1) is 16.8. The number of nitrogens with one attached hydrogen (secondary N) is 1. The number of H-pyrrole nitrogens is 1. The van der Waals surface area contributed by atoms with Crippen LogP contribution in [0, 0.1) is 36.5 Å². The molecule has 7 atom stereocenters. The smallest absolute Gasteiger partial charge is 0.305 e. The molecule has 1 N–H and O–H groups in total. The van der Waals surface area contributed by atoms with E-state index in [1.54, 1.807) is 17.8 Å². The number of imide groups is 1. The van der Waals surface area contributed by atoms with Gasteiger partial charge in [0.2, 0.25) is 11.8 Å². The highest BCUT2D eigenvalue weighted by Crippen LogP contribution is 2.69. The zero-order valence-corrected chi connectivity index (χ0v) is 21.7. The number of rotatable bonds is 2. The molecule has 2 amide bonds. The fraction of sp³-hybridized carbons (Fsp3) is 0.346. The summed E-state index contributed by atoms with van der Waals surface area (Å²) < 4.78 is 0. The van der Waals surface area contributed by atoms with Gasteiger partial charge in [0.15, 0.2) is 0 Å². The largest absolute Gasteiger partial charge is 0.307 e. The van der Waals surface area contributed by atoms with Crippen LogP contribution in [0.15, 0.2) is 52.3 Å². The van der Waals surface area contributed by atoms with Gasteiger partial charge in [-0.1, -0.05) is 64.4 Å². The summed E-state index contributed by atoms with van der Waals surface area (Å²) in [6.07, 6.45) is 0.838. The van der Waals surface area contributed by atoms with Crippen LogP contribution in [0.2, 0.25) is 10.0 Å². The number of fused-ring (bicyclic) bond motifs is 9. The van der Waals surface area contributed by atoms with Gasteiger partial charge in [-0.15, -0.1) is 11.8 Å². The summed E-state index contributed by atoms with van der Waals surface area (Å²) in [7, 11) is 0. The number of amides is 2. The lowest BCUT2D eigenvalue weighted by Crippen LogP contribution is -2.42. The number of nitrogens with zero attached hydrogens (tertiary/aromatic N) is 1. The lowest BCUT2D eigenvalue weighted by molar-refractivity contribution is -0.123. The van der Waals surface area contributed by atoms with Crippen LogP contribution in [-0.2, 0) is 9.59 Å². The molecule has 6 unspecified atom stereocenters. The zero-order valence-electron chi connectivity index (χ0n) is 18.5. The number of thiazole rings is 1. The third kappa shape index (κ3) is 2.98. The summed E-state index contributed by atoms with van der Waals surface area (Å²) in [5, 5.41) is 1.94. The SMILES string of the molecule is Cc1ccc(N2C(=O)C3C4CC(C3C2=O)C2C4Sc3[nH]c(=O)sc3[C@@H]2c2cccc(Cl)c2Cl)cc1. The maximum absolute atomic E-state index is 13.8. The van der Waals surface area contributed by atoms with E-state index < -0.39 is 0 Å². The van der Waals surface area contributed by atoms with Crippen molar-refractivity contribution in [2.75, 3.05) is 4.90 Å². The summed E-state index contributed by atoms with van der Waals surface area (Å²) >= 11 is 16.0. The number of thioether (sulfide) groups is 1. The number of carbonyl (C=O) groups is 2. The van der Waals surface area contributed by atoms with Crippen molar-refractivity contribution in [3.05, 3.63) is 78.2 Å². The molecule has 3 heterocycles. The van der Waals surface area contributed by atoms with Crippen molar-refractivity contribution in [1.82, 2.24) is 4.98 Å². The Hall–Kier alpha value is -2.06. The molecule has 3 fully saturated rings. The Morgan fingerprint density at radius 1 is 0.971 bits per heavy atom. The molecule has 1 aromatic heterocycles. The lowest BCUT2D eigenvalue weighted by Gasteiger charge is -2.43. The molecule has 2 saturated carbocycles. The molecule has 2 aliphatic heterocycles. The van der Waals surface area contributed by atoms with Gasteiger partial charge in [-0.05, 0) is 54.9 Å². The summed E-state index contributed by atoms with van der Waals surface area (Å²) in [6, 6.07) is 13.2. The van der Waals surface area contributed by atoms with Gasteiger partial charge < -0.3 is 4.98 Å². The van der Waals surface area contributed by atoms with Crippen molar-refractivity contribution in [3.8, 4) is 0 Å². The van der Waals surface area contributed by atoms with Crippen LogP contribution in [0.5, 0.6) is 0 Å². The molecule has 5 nitrogen and oxygen atoms in total. The fourth-order valence-electron chi connectivity index (χ4n) is 7.07. The fourth-order valence-corrected chi connectivity index (χ4v) is 10.4. The highest BCUT2D eigenvalue weighted by Gasteiger charge is 2.69. The summed E-state index contributed by atoms with van der Waals surface area (Å²) in [6.45, 7) is 1.98. The maximum Gasteiger partial charge on any atom is 0.305 e. The first-order valence-electron chi connectivity index (χ1n) is 11.6. The second-order valence-corrected chi connectivity index (χ2v) is 12.9. The summed E-state index contributed by atoms with van der Waals surface area (Å²) in [4.78, 5) is 45.1. The third-order valence-corrected chi connectivity index (χ3v) is 11.8. The second-order valence-electron chi connectivity index (χ2n) is 9.95. The Kier molecular flexibility index (Phi) is 4.89. The van der Waals surface area contributed by atoms with Crippen LogP contribution in [0.25, 0.3) is 0 Å². The van der Waals surface area contributed by atoms with Crippen LogP contribution in [0.3, 0.4) is 0 Å². The van der Waals surface area contributed by atoms with Gasteiger partial charge >= 0.3 is 4.87 Å². The molecule has 9 heteroatoms.